The Balaban J connectivity index is 2.71. The maximum Gasteiger partial charge on any atom is 0.0940 e. The van der Waals surface area contributed by atoms with Gasteiger partial charge in [-0.3, -0.25) is 0 Å². The Morgan fingerprint density at radius 2 is 2.00 bits per heavy atom. The number of nitrogens with one attached hydrogen (secondary N) is 1. The lowest BCUT2D eigenvalue weighted by atomic mass is 10.0. The first-order valence-electron chi connectivity index (χ1n) is 5.03. The number of halogens is 2. The Hall–Kier alpha value is -0.320. The van der Waals surface area contributed by atoms with Crippen LogP contribution in [0.3, 0.4) is 0 Å². The Bertz CT molecular complexity index is 347. The van der Waals surface area contributed by atoms with E-state index >= 15 is 0 Å². The van der Waals surface area contributed by atoms with Crippen molar-refractivity contribution in [1.82, 2.24) is 5.32 Å². The highest BCUT2D eigenvalue weighted by molar-refractivity contribution is 6.42. The minimum absolute atomic E-state index is 0.0401. The molecule has 0 aliphatic heterocycles. The third-order valence-electron chi connectivity index (χ3n) is 2.34. The van der Waals surface area contributed by atoms with E-state index in [9.17, 15) is 5.11 Å². The molecule has 0 saturated carbocycles. The van der Waals surface area contributed by atoms with E-state index in [1.165, 1.54) is 0 Å². The van der Waals surface area contributed by atoms with Crippen LogP contribution in [-0.4, -0.2) is 29.4 Å². The van der Waals surface area contributed by atoms with Crippen LogP contribution in [0.1, 0.15) is 18.6 Å². The van der Waals surface area contributed by atoms with Crippen LogP contribution < -0.4 is 5.32 Å². The Morgan fingerprint density at radius 1 is 1.31 bits per heavy atom. The minimum atomic E-state index is -0.679. The molecule has 0 aliphatic carbocycles. The Kier molecular flexibility index (Phi) is 5.52. The van der Waals surface area contributed by atoms with Gasteiger partial charge in [0.1, 0.15) is 0 Å². The number of rotatable bonds is 5. The molecule has 0 aliphatic rings. The maximum atomic E-state index is 9.99. The van der Waals surface area contributed by atoms with Gasteiger partial charge in [0.25, 0.3) is 0 Å². The van der Waals surface area contributed by atoms with Gasteiger partial charge in [0.2, 0.25) is 0 Å². The first-order chi connectivity index (χ1) is 7.56. The van der Waals surface area contributed by atoms with Crippen LogP contribution in [0.2, 0.25) is 10.0 Å². The van der Waals surface area contributed by atoms with Crippen LogP contribution in [0, 0.1) is 0 Å². The number of aliphatic hydroxyl groups is 2. The molecule has 0 bridgehead atoms. The summed E-state index contributed by atoms with van der Waals surface area (Å²) in [6.07, 6.45) is -0.679. The van der Waals surface area contributed by atoms with Crippen molar-refractivity contribution < 1.29 is 10.2 Å². The fourth-order valence-electron chi connectivity index (χ4n) is 1.39. The smallest absolute Gasteiger partial charge is 0.0940 e. The first kappa shape index (κ1) is 13.7. The zero-order valence-electron chi connectivity index (χ0n) is 8.95. The van der Waals surface area contributed by atoms with Gasteiger partial charge in [0.15, 0.2) is 0 Å². The molecule has 16 heavy (non-hydrogen) atoms. The molecule has 0 saturated heterocycles. The average Bonchev–Trinajstić information content (AvgIpc) is 2.28. The summed E-state index contributed by atoms with van der Waals surface area (Å²) in [7, 11) is 0. The highest BCUT2D eigenvalue weighted by Crippen LogP contribution is 2.26. The molecule has 0 heterocycles. The van der Waals surface area contributed by atoms with E-state index in [-0.39, 0.29) is 12.6 Å². The molecule has 5 heteroatoms. The van der Waals surface area contributed by atoms with E-state index < -0.39 is 6.10 Å². The fourth-order valence-corrected chi connectivity index (χ4v) is 1.70. The van der Waals surface area contributed by atoms with Crippen molar-refractivity contribution in [2.75, 3.05) is 13.2 Å². The summed E-state index contributed by atoms with van der Waals surface area (Å²) in [5, 5.41) is 22.5. The van der Waals surface area contributed by atoms with Crippen molar-refractivity contribution in [3.63, 3.8) is 0 Å². The number of aliphatic hydroxyl groups excluding tert-OH is 2. The molecule has 1 rings (SSSR count). The van der Waals surface area contributed by atoms with Gasteiger partial charge in [-0.2, -0.15) is 0 Å². The molecule has 3 N–H and O–H groups in total. The first-order valence-corrected chi connectivity index (χ1v) is 5.79. The Morgan fingerprint density at radius 3 is 2.56 bits per heavy atom. The van der Waals surface area contributed by atoms with Crippen molar-refractivity contribution in [3.8, 4) is 0 Å². The second-order valence-corrected chi connectivity index (χ2v) is 4.40. The van der Waals surface area contributed by atoms with E-state index in [2.05, 4.69) is 5.32 Å². The summed E-state index contributed by atoms with van der Waals surface area (Å²) in [5.74, 6) is 0. The fraction of sp³-hybridized carbons (Fsp3) is 0.455. The van der Waals surface area contributed by atoms with Gasteiger partial charge in [-0.15, -0.1) is 0 Å². The molecule has 2 unspecified atom stereocenters. The van der Waals surface area contributed by atoms with Gasteiger partial charge >= 0.3 is 0 Å². The summed E-state index contributed by atoms with van der Waals surface area (Å²) in [6.45, 7) is 2.32. The molecule has 1 aromatic carbocycles. The van der Waals surface area contributed by atoms with Crippen molar-refractivity contribution in [2.24, 2.45) is 0 Å². The molecule has 0 spiro atoms. The van der Waals surface area contributed by atoms with Crippen molar-refractivity contribution >= 4 is 23.2 Å². The van der Waals surface area contributed by atoms with Crippen LogP contribution in [0.15, 0.2) is 18.2 Å². The lowest BCUT2D eigenvalue weighted by molar-refractivity contribution is 0.132. The van der Waals surface area contributed by atoms with Crippen LogP contribution in [0.5, 0.6) is 0 Å². The lowest BCUT2D eigenvalue weighted by Crippen LogP contribution is -2.34. The van der Waals surface area contributed by atoms with Crippen molar-refractivity contribution in [1.29, 1.82) is 0 Å². The zero-order chi connectivity index (χ0) is 12.1. The molecule has 1 aromatic rings. The summed E-state index contributed by atoms with van der Waals surface area (Å²) >= 11 is 11.6. The molecule has 2 atom stereocenters. The summed E-state index contributed by atoms with van der Waals surface area (Å²) in [5.41, 5.74) is 0.701. The van der Waals surface area contributed by atoms with E-state index in [0.717, 1.165) is 0 Å². The van der Waals surface area contributed by atoms with Crippen LogP contribution >= 0.6 is 23.2 Å². The van der Waals surface area contributed by atoms with Crippen molar-refractivity contribution in [3.05, 3.63) is 33.8 Å². The van der Waals surface area contributed by atoms with Crippen LogP contribution in [0.25, 0.3) is 0 Å². The third kappa shape index (κ3) is 3.61. The van der Waals surface area contributed by atoms with Crippen LogP contribution in [-0.2, 0) is 0 Å². The molecular formula is C11H15Cl2NO2. The number of benzene rings is 1. The zero-order valence-corrected chi connectivity index (χ0v) is 10.5. The predicted molar refractivity (Wildman–Crippen MR) is 66.0 cm³/mol. The second-order valence-electron chi connectivity index (χ2n) is 3.58. The minimum Gasteiger partial charge on any atom is -0.395 e. The lowest BCUT2D eigenvalue weighted by Gasteiger charge is -2.20. The molecule has 0 amide bonds. The number of hydrogen-bond acceptors (Lipinski definition) is 3. The summed E-state index contributed by atoms with van der Waals surface area (Å²) in [4.78, 5) is 0. The maximum absolute atomic E-state index is 9.99. The summed E-state index contributed by atoms with van der Waals surface area (Å²) < 4.78 is 0. The highest BCUT2D eigenvalue weighted by Gasteiger charge is 2.16. The molecule has 0 aromatic heterocycles. The normalized spacial score (nSPS) is 14.8. The predicted octanol–water partition coefficient (Wildman–Crippen LogP) is 2.00. The van der Waals surface area contributed by atoms with Crippen molar-refractivity contribution in [2.45, 2.75) is 19.1 Å². The van der Waals surface area contributed by atoms with Gasteiger partial charge in [-0.05, 0) is 24.6 Å². The van der Waals surface area contributed by atoms with Gasteiger partial charge in [0, 0.05) is 12.6 Å². The molecule has 90 valence electrons. The average molecular weight is 264 g/mol. The molecule has 0 fully saturated rings. The van der Waals surface area contributed by atoms with Gasteiger partial charge < -0.3 is 15.5 Å². The molecule has 3 nitrogen and oxygen atoms in total. The monoisotopic (exact) mass is 263 g/mol. The SMILES string of the molecule is CC(NCCO)C(O)c1ccc(Cl)c(Cl)c1. The standard InChI is InChI=1S/C11H15Cl2NO2/c1-7(14-4-5-15)11(16)8-2-3-9(12)10(13)6-8/h2-3,6-7,11,14-16H,4-5H2,1H3. The third-order valence-corrected chi connectivity index (χ3v) is 3.08. The van der Waals surface area contributed by atoms with E-state index in [4.69, 9.17) is 28.3 Å². The second kappa shape index (κ2) is 6.42. The van der Waals surface area contributed by atoms with Gasteiger partial charge in [-0.1, -0.05) is 29.3 Å². The number of hydrogen-bond donors (Lipinski definition) is 3. The quantitative estimate of drug-likeness (QED) is 0.762. The van der Waals surface area contributed by atoms with E-state index in [0.29, 0.717) is 22.2 Å². The highest BCUT2D eigenvalue weighted by atomic mass is 35.5. The van der Waals surface area contributed by atoms with Gasteiger partial charge in [-0.25, -0.2) is 0 Å². The molecule has 0 radical (unpaired) electrons. The van der Waals surface area contributed by atoms with Gasteiger partial charge in [0.05, 0.1) is 22.8 Å². The van der Waals surface area contributed by atoms with E-state index in [1.54, 1.807) is 18.2 Å². The largest absolute Gasteiger partial charge is 0.395 e. The Labute approximate surface area is 105 Å². The van der Waals surface area contributed by atoms with E-state index in [1.807, 2.05) is 6.92 Å². The summed E-state index contributed by atoms with van der Waals surface area (Å²) in [6, 6.07) is 4.87. The van der Waals surface area contributed by atoms with Crippen LogP contribution in [0.4, 0.5) is 0 Å². The molecular weight excluding hydrogens is 249 g/mol. The topological polar surface area (TPSA) is 52.5 Å².